The van der Waals surface area contributed by atoms with E-state index >= 15 is 0 Å². The van der Waals surface area contributed by atoms with Crippen LogP contribution < -0.4 is 5.32 Å². The maximum absolute atomic E-state index is 13.6. The van der Waals surface area contributed by atoms with Gasteiger partial charge < -0.3 is 9.84 Å². The summed E-state index contributed by atoms with van der Waals surface area (Å²) in [6.07, 6.45) is 2.69. The fraction of sp³-hybridized carbons (Fsp3) is 0.467. The number of nitrogens with zero attached hydrogens (tertiary/aromatic N) is 2. The van der Waals surface area contributed by atoms with Crippen molar-refractivity contribution < 1.29 is 8.91 Å². The summed E-state index contributed by atoms with van der Waals surface area (Å²) >= 11 is 0. The summed E-state index contributed by atoms with van der Waals surface area (Å²) in [5.41, 5.74) is 0.588. The van der Waals surface area contributed by atoms with Gasteiger partial charge in [-0.1, -0.05) is 30.3 Å². The Morgan fingerprint density at radius 1 is 1.40 bits per heavy atom. The van der Waals surface area contributed by atoms with Gasteiger partial charge in [-0.15, -0.1) is 0 Å². The van der Waals surface area contributed by atoms with Crippen molar-refractivity contribution >= 4 is 0 Å². The van der Waals surface area contributed by atoms with E-state index in [2.05, 4.69) is 22.4 Å². The number of nitrogens with one attached hydrogen (secondary N) is 1. The molecule has 2 heterocycles. The summed E-state index contributed by atoms with van der Waals surface area (Å²) in [5, 5.41) is 7.37. The van der Waals surface area contributed by atoms with Crippen LogP contribution in [0.2, 0.25) is 0 Å². The third-order valence-corrected chi connectivity index (χ3v) is 3.83. The zero-order valence-corrected chi connectivity index (χ0v) is 11.5. The molecule has 0 amide bonds. The molecule has 1 saturated heterocycles. The van der Waals surface area contributed by atoms with Gasteiger partial charge in [0.1, 0.15) is 5.82 Å². The van der Waals surface area contributed by atoms with Crippen molar-refractivity contribution in [3.8, 4) is 0 Å². The summed E-state index contributed by atoms with van der Waals surface area (Å²) in [7, 11) is 0. The van der Waals surface area contributed by atoms with Crippen molar-refractivity contribution in [2.75, 3.05) is 6.54 Å². The zero-order chi connectivity index (χ0) is 13.9. The molecule has 1 aliphatic heterocycles. The Labute approximate surface area is 117 Å². The van der Waals surface area contributed by atoms with Crippen LogP contribution in [0.15, 0.2) is 28.8 Å². The van der Waals surface area contributed by atoms with Crippen molar-refractivity contribution in [2.45, 2.75) is 32.2 Å². The van der Waals surface area contributed by atoms with E-state index in [1.807, 2.05) is 6.07 Å². The van der Waals surface area contributed by atoms with Crippen molar-refractivity contribution in [3.05, 3.63) is 47.4 Å². The van der Waals surface area contributed by atoms with Crippen LogP contribution in [0.5, 0.6) is 0 Å². The Morgan fingerprint density at radius 3 is 3.05 bits per heavy atom. The van der Waals surface area contributed by atoms with Gasteiger partial charge in [0.05, 0.1) is 6.04 Å². The molecule has 1 aliphatic rings. The van der Waals surface area contributed by atoms with Gasteiger partial charge in [-0.2, -0.15) is 4.98 Å². The van der Waals surface area contributed by atoms with Crippen LogP contribution in [0.3, 0.4) is 0 Å². The first-order chi connectivity index (χ1) is 9.74. The van der Waals surface area contributed by atoms with E-state index in [9.17, 15) is 4.39 Å². The molecular formula is C15H18FN3O. The molecule has 0 aliphatic carbocycles. The molecule has 0 saturated carbocycles. The van der Waals surface area contributed by atoms with Gasteiger partial charge in [-0.05, 0) is 36.9 Å². The molecular weight excluding hydrogens is 257 g/mol. The molecule has 2 unspecified atom stereocenters. The molecule has 1 aromatic heterocycles. The second-order valence-electron chi connectivity index (χ2n) is 5.37. The number of rotatable bonds is 3. The lowest BCUT2D eigenvalue weighted by atomic mass is 9.93. The van der Waals surface area contributed by atoms with Crippen molar-refractivity contribution in [1.82, 2.24) is 15.5 Å². The van der Waals surface area contributed by atoms with E-state index < -0.39 is 0 Å². The standard InChI is InChI=1S/C15H18FN3O/c1-10-5-4-8-17-14(10)15-18-13(19-20-15)9-11-6-2-3-7-12(11)16/h2-3,6-7,10,14,17H,4-5,8-9H2,1H3. The normalized spacial score (nSPS) is 22.9. The Bertz CT molecular complexity index is 584. The Kier molecular flexibility index (Phi) is 3.78. The minimum absolute atomic E-state index is 0.116. The highest BCUT2D eigenvalue weighted by Crippen LogP contribution is 2.27. The topological polar surface area (TPSA) is 51.0 Å². The van der Waals surface area contributed by atoms with Gasteiger partial charge in [-0.3, -0.25) is 0 Å². The minimum Gasteiger partial charge on any atom is -0.338 e. The molecule has 0 spiro atoms. The van der Waals surface area contributed by atoms with Gasteiger partial charge in [0.25, 0.3) is 0 Å². The molecule has 5 heteroatoms. The summed E-state index contributed by atoms with van der Waals surface area (Å²) in [4.78, 5) is 4.41. The summed E-state index contributed by atoms with van der Waals surface area (Å²) in [5.74, 6) is 1.39. The average molecular weight is 275 g/mol. The van der Waals surface area contributed by atoms with E-state index in [0.29, 0.717) is 29.6 Å². The van der Waals surface area contributed by atoms with Gasteiger partial charge in [-0.25, -0.2) is 4.39 Å². The molecule has 106 valence electrons. The minimum atomic E-state index is -0.233. The highest BCUT2D eigenvalue weighted by molar-refractivity contribution is 5.20. The third kappa shape index (κ3) is 2.72. The number of piperidine rings is 1. The second kappa shape index (κ2) is 5.71. The second-order valence-corrected chi connectivity index (χ2v) is 5.37. The third-order valence-electron chi connectivity index (χ3n) is 3.83. The summed E-state index contributed by atoms with van der Waals surface area (Å²) in [6, 6.07) is 6.79. The molecule has 0 radical (unpaired) electrons. The van der Waals surface area contributed by atoms with Crippen LogP contribution in [-0.4, -0.2) is 16.7 Å². The largest absolute Gasteiger partial charge is 0.338 e. The molecule has 1 N–H and O–H groups in total. The number of aromatic nitrogens is 2. The molecule has 1 aromatic carbocycles. The van der Waals surface area contributed by atoms with Crippen molar-refractivity contribution in [3.63, 3.8) is 0 Å². The average Bonchev–Trinajstić information content (AvgIpc) is 2.90. The van der Waals surface area contributed by atoms with Gasteiger partial charge in [0.15, 0.2) is 5.82 Å². The van der Waals surface area contributed by atoms with E-state index in [-0.39, 0.29) is 11.9 Å². The van der Waals surface area contributed by atoms with Crippen molar-refractivity contribution in [2.24, 2.45) is 5.92 Å². The Morgan fingerprint density at radius 2 is 2.25 bits per heavy atom. The quantitative estimate of drug-likeness (QED) is 0.935. The predicted molar refractivity (Wildman–Crippen MR) is 72.6 cm³/mol. The zero-order valence-electron chi connectivity index (χ0n) is 11.5. The lowest BCUT2D eigenvalue weighted by Gasteiger charge is -2.26. The number of hydrogen-bond acceptors (Lipinski definition) is 4. The van der Waals surface area contributed by atoms with E-state index in [4.69, 9.17) is 4.52 Å². The van der Waals surface area contributed by atoms with Gasteiger partial charge in [0.2, 0.25) is 5.89 Å². The lowest BCUT2D eigenvalue weighted by molar-refractivity contribution is 0.239. The summed E-state index contributed by atoms with van der Waals surface area (Å²) < 4.78 is 18.9. The number of hydrogen-bond donors (Lipinski definition) is 1. The van der Waals surface area contributed by atoms with Crippen molar-refractivity contribution in [1.29, 1.82) is 0 Å². The first-order valence-corrected chi connectivity index (χ1v) is 7.03. The first-order valence-electron chi connectivity index (χ1n) is 7.03. The van der Waals surface area contributed by atoms with E-state index in [1.165, 1.54) is 12.5 Å². The smallest absolute Gasteiger partial charge is 0.244 e. The fourth-order valence-corrected chi connectivity index (χ4v) is 2.66. The van der Waals surface area contributed by atoms with Crippen LogP contribution in [0.25, 0.3) is 0 Å². The van der Waals surface area contributed by atoms with Gasteiger partial charge >= 0.3 is 0 Å². The van der Waals surface area contributed by atoms with Gasteiger partial charge in [0, 0.05) is 6.42 Å². The molecule has 20 heavy (non-hydrogen) atoms. The highest BCUT2D eigenvalue weighted by atomic mass is 19.1. The highest BCUT2D eigenvalue weighted by Gasteiger charge is 2.27. The van der Waals surface area contributed by atoms with E-state index in [1.54, 1.807) is 12.1 Å². The molecule has 2 aromatic rings. The molecule has 0 bridgehead atoms. The van der Waals surface area contributed by atoms with Crippen LogP contribution in [-0.2, 0) is 6.42 Å². The molecule has 2 atom stereocenters. The molecule has 3 rings (SSSR count). The SMILES string of the molecule is CC1CCCNC1c1nc(Cc2ccccc2F)no1. The lowest BCUT2D eigenvalue weighted by Crippen LogP contribution is -2.33. The van der Waals surface area contributed by atoms with Crippen LogP contribution in [0.1, 0.15) is 43.1 Å². The molecule has 1 fully saturated rings. The Balaban J connectivity index is 1.75. The van der Waals surface area contributed by atoms with Crippen LogP contribution in [0, 0.1) is 11.7 Å². The monoisotopic (exact) mass is 275 g/mol. The number of benzene rings is 1. The van der Waals surface area contributed by atoms with Crippen LogP contribution >= 0.6 is 0 Å². The fourth-order valence-electron chi connectivity index (χ4n) is 2.66. The molecule has 4 nitrogen and oxygen atoms in total. The first kappa shape index (κ1) is 13.2. The Hall–Kier alpha value is -1.75. The predicted octanol–water partition coefficient (Wildman–Crippen LogP) is 2.86. The maximum Gasteiger partial charge on any atom is 0.244 e. The summed E-state index contributed by atoms with van der Waals surface area (Å²) in [6.45, 7) is 3.15. The van der Waals surface area contributed by atoms with Crippen LogP contribution in [0.4, 0.5) is 4.39 Å². The maximum atomic E-state index is 13.6. The van der Waals surface area contributed by atoms with E-state index in [0.717, 1.165) is 13.0 Å². The number of halogens is 1.